The Morgan fingerprint density at radius 1 is 0.923 bits per heavy atom. The van der Waals surface area contributed by atoms with E-state index in [1.54, 1.807) is 49.4 Å². The van der Waals surface area contributed by atoms with Crippen molar-refractivity contribution in [2.24, 2.45) is 0 Å². The number of benzene rings is 3. The molecule has 0 spiro atoms. The van der Waals surface area contributed by atoms with Crippen molar-refractivity contribution < 1.29 is 22.7 Å². The number of para-hydroxylation sites is 2. The normalized spacial score (nSPS) is 12.4. The molecule has 1 unspecified atom stereocenters. The van der Waals surface area contributed by atoms with Gasteiger partial charge in [-0.1, -0.05) is 54.6 Å². The van der Waals surface area contributed by atoms with Gasteiger partial charge in [0.25, 0.3) is 10.0 Å². The summed E-state index contributed by atoms with van der Waals surface area (Å²) in [6.45, 7) is 8.77. The van der Waals surface area contributed by atoms with E-state index in [-0.39, 0.29) is 23.0 Å². The number of methoxy groups -OCH3 is 1. The summed E-state index contributed by atoms with van der Waals surface area (Å²) in [5, 5.41) is 2.93. The Labute approximate surface area is 231 Å². The Bertz CT molecular complexity index is 1400. The number of ether oxygens (including phenoxy) is 1. The van der Waals surface area contributed by atoms with Crippen LogP contribution < -0.4 is 14.4 Å². The maximum absolute atomic E-state index is 14.0. The third kappa shape index (κ3) is 7.38. The summed E-state index contributed by atoms with van der Waals surface area (Å²) in [5.41, 5.74) is 1.52. The third-order valence-electron chi connectivity index (χ3n) is 6.23. The van der Waals surface area contributed by atoms with Gasteiger partial charge in [0.2, 0.25) is 11.8 Å². The van der Waals surface area contributed by atoms with Crippen LogP contribution in [0.4, 0.5) is 5.69 Å². The smallest absolute Gasteiger partial charge is 0.264 e. The molecule has 0 fully saturated rings. The molecule has 9 heteroatoms. The van der Waals surface area contributed by atoms with E-state index in [0.29, 0.717) is 5.75 Å². The number of amides is 2. The Morgan fingerprint density at radius 3 is 2.13 bits per heavy atom. The van der Waals surface area contributed by atoms with Crippen molar-refractivity contribution in [3.63, 3.8) is 0 Å². The number of sulfonamides is 1. The van der Waals surface area contributed by atoms with Crippen molar-refractivity contribution in [1.29, 1.82) is 0 Å². The van der Waals surface area contributed by atoms with Gasteiger partial charge in [0.1, 0.15) is 18.3 Å². The van der Waals surface area contributed by atoms with E-state index in [0.717, 1.165) is 15.4 Å². The molecule has 0 aliphatic carbocycles. The van der Waals surface area contributed by atoms with Crippen LogP contribution in [-0.2, 0) is 26.2 Å². The molecule has 1 N–H and O–H groups in total. The van der Waals surface area contributed by atoms with E-state index in [1.165, 1.54) is 24.1 Å². The number of rotatable bonds is 10. The van der Waals surface area contributed by atoms with Gasteiger partial charge in [-0.15, -0.1) is 0 Å². The number of aryl methyl sites for hydroxylation is 1. The third-order valence-corrected chi connectivity index (χ3v) is 8.01. The van der Waals surface area contributed by atoms with Gasteiger partial charge < -0.3 is 15.0 Å². The summed E-state index contributed by atoms with van der Waals surface area (Å²) in [7, 11) is -2.72. The first-order chi connectivity index (χ1) is 18.3. The van der Waals surface area contributed by atoms with Crippen molar-refractivity contribution in [3.05, 3.63) is 90.0 Å². The molecular formula is C30H37N3O5S. The highest BCUT2D eigenvalue weighted by Crippen LogP contribution is 2.32. The predicted molar refractivity (Wildman–Crippen MR) is 153 cm³/mol. The predicted octanol–water partition coefficient (Wildman–Crippen LogP) is 4.53. The molecule has 0 saturated carbocycles. The number of carbonyl (C=O) groups excluding carboxylic acids is 2. The van der Waals surface area contributed by atoms with Crippen LogP contribution in [0.1, 0.15) is 38.8 Å². The fraction of sp³-hybridized carbons (Fsp3) is 0.333. The second kappa shape index (κ2) is 12.3. The van der Waals surface area contributed by atoms with E-state index >= 15 is 0 Å². The quantitative estimate of drug-likeness (QED) is 0.399. The van der Waals surface area contributed by atoms with Crippen molar-refractivity contribution in [1.82, 2.24) is 10.2 Å². The number of carbonyl (C=O) groups is 2. The van der Waals surface area contributed by atoms with Crippen LogP contribution in [0.15, 0.2) is 83.8 Å². The van der Waals surface area contributed by atoms with Gasteiger partial charge in [0.15, 0.2) is 0 Å². The molecule has 3 rings (SSSR count). The molecule has 8 nitrogen and oxygen atoms in total. The van der Waals surface area contributed by atoms with Gasteiger partial charge in [0.05, 0.1) is 17.7 Å². The lowest BCUT2D eigenvalue weighted by Gasteiger charge is -2.34. The maximum Gasteiger partial charge on any atom is 0.264 e. The Kier molecular flexibility index (Phi) is 9.40. The molecule has 0 aliphatic heterocycles. The van der Waals surface area contributed by atoms with E-state index in [9.17, 15) is 18.0 Å². The second-order valence-corrected chi connectivity index (χ2v) is 12.2. The molecule has 0 heterocycles. The summed E-state index contributed by atoms with van der Waals surface area (Å²) in [6, 6.07) is 21.3. The first-order valence-electron chi connectivity index (χ1n) is 12.7. The highest BCUT2D eigenvalue weighted by molar-refractivity contribution is 7.92. The van der Waals surface area contributed by atoms with Gasteiger partial charge in [0, 0.05) is 12.1 Å². The molecule has 3 aromatic carbocycles. The van der Waals surface area contributed by atoms with Crippen LogP contribution in [0.25, 0.3) is 0 Å². The van der Waals surface area contributed by atoms with Crippen molar-refractivity contribution in [2.45, 2.75) is 57.6 Å². The molecule has 0 bridgehead atoms. The fourth-order valence-electron chi connectivity index (χ4n) is 4.10. The number of anilines is 1. The zero-order valence-corrected chi connectivity index (χ0v) is 24.2. The van der Waals surface area contributed by atoms with Gasteiger partial charge in [-0.3, -0.25) is 13.9 Å². The van der Waals surface area contributed by atoms with E-state index in [1.807, 2.05) is 52.0 Å². The van der Waals surface area contributed by atoms with Gasteiger partial charge >= 0.3 is 0 Å². The number of nitrogens with one attached hydrogen (secondary N) is 1. The lowest BCUT2D eigenvalue weighted by atomic mass is 10.1. The zero-order chi connectivity index (χ0) is 28.8. The molecule has 0 radical (unpaired) electrons. The Balaban J connectivity index is 2.08. The lowest BCUT2D eigenvalue weighted by molar-refractivity contribution is -0.140. The molecule has 39 heavy (non-hydrogen) atoms. The van der Waals surface area contributed by atoms with E-state index < -0.39 is 34.1 Å². The summed E-state index contributed by atoms with van der Waals surface area (Å²) >= 11 is 0. The molecule has 0 aliphatic rings. The minimum atomic E-state index is -4.17. The zero-order valence-electron chi connectivity index (χ0n) is 23.3. The van der Waals surface area contributed by atoms with Crippen molar-refractivity contribution in [2.75, 3.05) is 18.0 Å². The standard InChI is InChI=1S/C30H37N3O5S/c1-22-14-10-11-15-24(22)20-32(23(2)29(35)31-30(3,4)5)28(34)21-33(26-18-12-13-19-27(26)38-6)39(36,37)25-16-8-7-9-17-25/h7-19,23H,20-21H2,1-6H3,(H,31,35). The molecule has 3 aromatic rings. The van der Waals surface area contributed by atoms with Crippen molar-refractivity contribution >= 4 is 27.5 Å². The summed E-state index contributed by atoms with van der Waals surface area (Å²) in [4.78, 5) is 28.7. The molecule has 0 aromatic heterocycles. The highest BCUT2D eigenvalue weighted by atomic mass is 32.2. The van der Waals surface area contributed by atoms with E-state index in [4.69, 9.17) is 4.74 Å². The maximum atomic E-state index is 14.0. The number of hydrogen-bond acceptors (Lipinski definition) is 5. The number of nitrogens with zero attached hydrogens (tertiary/aromatic N) is 2. The molecular weight excluding hydrogens is 514 g/mol. The van der Waals surface area contributed by atoms with Gasteiger partial charge in [-0.2, -0.15) is 0 Å². The van der Waals surface area contributed by atoms with Crippen LogP contribution >= 0.6 is 0 Å². The van der Waals surface area contributed by atoms with Crippen molar-refractivity contribution in [3.8, 4) is 5.75 Å². The second-order valence-electron chi connectivity index (χ2n) is 10.4. The lowest BCUT2D eigenvalue weighted by Crippen LogP contribution is -2.54. The van der Waals surface area contributed by atoms with Gasteiger partial charge in [-0.05, 0) is 70.0 Å². The topological polar surface area (TPSA) is 96.0 Å². The Morgan fingerprint density at radius 2 is 1.51 bits per heavy atom. The summed E-state index contributed by atoms with van der Waals surface area (Å²) < 4.78 is 34.3. The summed E-state index contributed by atoms with van der Waals surface area (Å²) in [6.07, 6.45) is 0. The first-order valence-corrected chi connectivity index (χ1v) is 14.2. The monoisotopic (exact) mass is 551 g/mol. The van der Waals surface area contributed by atoms with Crippen LogP contribution in [0, 0.1) is 6.92 Å². The van der Waals surface area contributed by atoms with Crippen LogP contribution in [0.2, 0.25) is 0 Å². The minimum Gasteiger partial charge on any atom is -0.495 e. The molecule has 0 saturated heterocycles. The average Bonchev–Trinajstić information content (AvgIpc) is 2.90. The molecule has 208 valence electrons. The van der Waals surface area contributed by atoms with Crippen LogP contribution in [0.5, 0.6) is 5.75 Å². The average molecular weight is 552 g/mol. The minimum absolute atomic E-state index is 0.0349. The SMILES string of the molecule is COc1ccccc1N(CC(=O)N(Cc1ccccc1C)C(C)C(=O)NC(C)(C)C)S(=O)(=O)c1ccccc1. The van der Waals surface area contributed by atoms with Gasteiger partial charge in [-0.25, -0.2) is 8.42 Å². The first kappa shape index (κ1) is 29.7. The van der Waals surface area contributed by atoms with Crippen LogP contribution in [-0.4, -0.2) is 50.4 Å². The molecule has 1 atom stereocenters. The molecule has 2 amide bonds. The van der Waals surface area contributed by atoms with E-state index in [2.05, 4.69) is 5.32 Å². The Hall–Kier alpha value is -3.85. The number of hydrogen-bond donors (Lipinski definition) is 1. The highest BCUT2D eigenvalue weighted by Gasteiger charge is 2.34. The largest absolute Gasteiger partial charge is 0.495 e. The summed E-state index contributed by atoms with van der Waals surface area (Å²) in [5.74, 6) is -0.562. The fourth-order valence-corrected chi connectivity index (χ4v) is 5.54. The van der Waals surface area contributed by atoms with Crippen LogP contribution in [0.3, 0.4) is 0 Å².